The van der Waals surface area contributed by atoms with E-state index < -0.39 is 22.1 Å². The molecule has 0 unspecified atom stereocenters. The van der Waals surface area contributed by atoms with Crippen molar-refractivity contribution in [2.45, 2.75) is 64.3 Å². The molecular weight excluding hydrogens is 420 g/mol. The summed E-state index contributed by atoms with van der Waals surface area (Å²) in [6.45, 7) is 4.18. The first-order valence-electron chi connectivity index (χ1n) is 11.2. The molecule has 0 spiro atoms. The molecule has 176 valence electrons. The predicted molar refractivity (Wildman–Crippen MR) is 119 cm³/mol. The lowest BCUT2D eigenvalue weighted by atomic mass is 9.92. The van der Waals surface area contributed by atoms with Gasteiger partial charge in [-0.05, 0) is 62.4 Å². The van der Waals surface area contributed by atoms with Crippen molar-refractivity contribution in [1.82, 2.24) is 10.4 Å². The Balaban J connectivity index is 2.04. The number of carboxylic acids is 1. The molecule has 0 radical (unpaired) electrons. The Bertz CT molecular complexity index is 763. The van der Waals surface area contributed by atoms with E-state index in [4.69, 9.17) is 4.28 Å². The molecule has 1 aromatic rings. The van der Waals surface area contributed by atoms with E-state index in [-0.39, 0.29) is 24.5 Å². The van der Waals surface area contributed by atoms with Gasteiger partial charge in [0.25, 0.3) is 10.1 Å². The Kier molecular flexibility index (Phi) is 10.7. The number of hydroxylamine groups is 2. The molecule has 2 rings (SSSR count). The summed E-state index contributed by atoms with van der Waals surface area (Å²) in [4.78, 5) is 12.0. The molecule has 8 nitrogen and oxygen atoms in total. The average molecular weight is 457 g/mol. The molecule has 1 aromatic carbocycles. The summed E-state index contributed by atoms with van der Waals surface area (Å²) in [6, 6.07) is 5.09. The molecule has 0 bridgehead atoms. The average Bonchev–Trinajstić information content (AvgIpc) is 2.74. The summed E-state index contributed by atoms with van der Waals surface area (Å²) in [7, 11) is -3.86. The summed E-state index contributed by atoms with van der Waals surface area (Å²) in [5.74, 6) is -0.530. The summed E-state index contributed by atoms with van der Waals surface area (Å²) >= 11 is 0. The van der Waals surface area contributed by atoms with Gasteiger partial charge in [0.15, 0.2) is 0 Å². The van der Waals surface area contributed by atoms with Gasteiger partial charge >= 0.3 is 5.97 Å². The SMILES string of the molecule is CCCCS(=O)(=O)ON(CCCCC1CCNCC1)[C@H](Cc1ccc(O)cc1)C(=O)O. The highest BCUT2D eigenvalue weighted by atomic mass is 32.2. The quantitative estimate of drug-likeness (QED) is 0.289. The molecule has 9 heteroatoms. The molecule has 0 aliphatic carbocycles. The Labute approximate surface area is 185 Å². The Morgan fingerprint density at radius 2 is 1.87 bits per heavy atom. The van der Waals surface area contributed by atoms with Gasteiger partial charge in [-0.1, -0.05) is 38.3 Å². The molecule has 1 heterocycles. The van der Waals surface area contributed by atoms with Gasteiger partial charge in [-0.25, -0.2) is 0 Å². The van der Waals surface area contributed by atoms with Crippen LogP contribution in [-0.4, -0.2) is 61.1 Å². The molecule has 31 heavy (non-hydrogen) atoms. The van der Waals surface area contributed by atoms with Crippen LogP contribution in [0.25, 0.3) is 0 Å². The molecule has 0 saturated carbocycles. The first kappa shape index (κ1) is 25.6. The van der Waals surface area contributed by atoms with Crippen LogP contribution in [0.2, 0.25) is 0 Å². The third-order valence-corrected chi connectivity index (χ3v) is 6.86. The van der Waals surface area contributed by atoms with Crippen LogP contribution in [0.15, 0.2) is 24.3 Å². The van der Waals surface area contributed by atoms with E-state index in [2.05, 4.69) is 5.32 Å². The smallest absolute Gasteiger partial charge is 0.323 e. The minimum Gasteiger partial charge on any atom is -0.508 e. The summed E-state index contributed by atoms with van der Waals surface area (Å²) < 4.78 is 30.1. The van der Waals surface area contributed by atoms with Gasteiger partial charge in [-0.15, -0.1) is 0 Å². The molecule has 3 N–H and O–H groups in total. The van der Waals surface area contributed by atoms with Crippen LogP contribution in [-0.2, 0) is 25.6 Å². The normalized spacial score (nSPS) is 16.5. The van der Waals surface area contributed by atoms with Gasteiger partial charge in [0.1, 0.15) is 11.8 Å². The molecule has 1 saturated heterocycles. The van der Waals surface area contributed by atoms with Crippen LogP contribution < -0.4 is 5.32 Å². The minimum atomic E-state index is -3.86. The van der Waals surface area contributed by atoms with Gasteiger partial charge in [-0.3, -0.25) is 4.79 Å². The predicted octanol–water partition coefficient (Wildman–Crippen LogP) is 2.92. The van der Waals surface area contributed by atoms with Crippen molar-refractivity contribution in [1.29, 1.82) is 0 Å². The van der Waals surface area contributed by atoms with Crippen LogP contribution in [0, 0.1) is 5.92 Å². The largest absolute Gasteiger partial charge is 0.508 e. The van der Waals surface area contributed by atoms with Crippen LogP contribution in [0.3, 0.4) is 0 Å². The zero-order chi connectivity index (χ0) is 22.7. The standard InChI is InChI=1S/C22H36N2O6S/c1-2-3-16-31(28,29)30-24(15-5-4-6-18-11-13-23-14-12-18)21(22(26)27)17-19-7-9-20(25)10-8-19/h7-10,18,21,23,25H,2-6,11-17H2,1H3,(H,26,27)/t21-/m1/s1. The summed E-state index contributed by atoms with van der Waals surface area (Å²) in [6.07, 6.45) is 6.13. The first-order valence-corrected chi connectivity index (χ1v) is 12.8. The molecular formula is C22H36N2O6S. The molecule has 0 amide bonds. The number of rotatable bonds is 14. The fourth-order valence-electron chi connectivity index (χ4n) is 3.79. The van der Waals surface area contributed by atoms with E-state index in [1.54, 1.807) is 12.1 Å². The minimum absolute atomic E-state index is 0.0766. The highest BCUT2D eigenvalue weighted by molar-refractivity contribution is 7.86. The molecule has 0 aromatic heterocycles. The zero-order valence-corrected chi connectivity index (χ0v) is 19.1. The number of piperidine rings is 1. The maximum Gasteiger partial charge on any atom is 0.323 e. The second kappa shape index (κ2) is 13.0. The Morgan fingerprint density at radius 3 is 2.48 bits per heavy atom. The monoisotopic (exact) mass is 456 g/mol. The van der Waals surface area contributed by atoms with E-state index >= 15 is 0 Å². The molecule has 1 atom stereocenters. The van der Waals surface area contributed by atoms with Crippen molar-refractivity contribution in [3.05, 3.63) is 29.8 Å². The zero-order valence-electron chi connectivity index (χ0n) is 18.3. The number of nitrogens with one attached hydrogen (secondary N) is 1. The van der Waals surface area contributed by atoms with E-state index in [1.165, 1.54) is 12.1 Å². The van der Waals surface area contributed by atoms with Gasteiger partial charge < -0.3 is 15.5 Å². The Morgan fingerprint density at radius 1 is 1.19 bits per heavy atom. The van der Waals surface area contributed by atoms with Crippen LogP contribution in [0.4, 0.5) is 0 Å². The van der Waals surface area contributed by atoms with Crippen molar-refractivity contribution < 1.29 is 27.7 Å². The number of carbonyl (C=O) groups is 1. The Hall–Kier alpha value is -1.68. The number of carboxylic acid groups (broad SMARTS) is 1. The number of phenolic OH excluding ortho intramolecular Hbond substituents is 1. The topological polar surface area (TPSA) is 116 Å². The number of hydrogen-bond acceptors (Lipinski definition) is 7. The first-order chi connectivity index (χ1) is 14.8. The maximum absolute atomic E-state index is 12.4. The number of hydrogen-bond donors (Lipinski definition) is 3. The highest BCUT2D eigenvalue weighted by Gasteiger charge is 2.30. The molecule has 1 aliphatic heterocycles. The number of phenols is 1. The van der Waals surface area contributed by atoms with Crippen molar-refractivity contribution in [2.75, 3.05) is 25.4 Å². The van der Waals surface area contributed by atoms with E-state index in [0.29, 0.717) is 30.7 Å². The molecule has 1 aliphatic rings. The van der Waals surface area contributed by atoms with Gasteiger partial charge in [0.05, 0.1) is 5.75 Å². The third-order valence-electron chi connectivity index (χ3n) is 5.65. The van der Waals surface area contributed by atoms with Gasteiger partial charge in [0.2, 0.25) is 0 Å². The number of aromatic hydroxyl groups is 1. The van der Waals surface area contributed by atoms with Crippen LogP contribution in [0.1, 0.15) is 57.4 Å². The van der Waals surface area contributed by atoms with Crippen molar-refractivity contribution in [3.63, 3.8) is 0 Å². The van der Waals surface area contributed by atoms with E-state index in [1.807, 2.05) is 6.92 Å². The van der Waals surface area contributed by atoms with Crippen molar-refractivity contribution >= 4 is 16.1 Å². The van der Waals surface area contributed by atoms with Gasteiger partial charge in [-0.2, -0.15) is 17.8 Å². The lowest BCUT2D eigenvalue weighted by molar-refractivity contribution is -0.159. The van der Waals surface area contributed by atoms with Crippen LogP contribution in [0.5, 0.6) is 5.75 Å². The second-order valence-corrected chi connectivity index (χ2v) is 9.92. The molecule has 1 fully saturated rings. The fourth-order valence-corrected chi connectivity index (χ4v) is 4.97. The maximum atomic E-state index is 12.4. The third kappa shape index (κ3) is 9.55. The second-order valence-electron chi connectivity index (χ2n) is 8.24. The lowest BCUT2D eigenvalue weighted by Crippen LogP contribution is -2.44. The van der Waals surface area contributed by atoms with Crippen LogP contribution >= 0.6 is 0 Å². The number of aliphatic carboxylic acids is 1. The summed E-state index contributed by atoms with van der Waals surface area (Å²) in [5.41, 5.74) is 0.680. The number of benzene rings is 1. The number of nitrogens with zero attached hydrogens (tertiary/aromatic N) is 1. The van der Waals surface area contributed by atoms with Crippen molar-refractivity contribution in [2.24, 2.45) is 5.92 Å². The van der Waals surface area contributed by atoms with Gasteiger partial charge in [0, 0.05) is 13.0 Å². The van der Waals surface area contributed by atoms with E-state index in [0.717, 1.165) is 43.8 Å². The fraction of sp³-hybridized carbons (Fsp3) is 0.682. The number of unbranched alkanes of at least 4 members (excludes halogenated alkanes) is 2. The van der Waals surface area contributed by atoms with Crippen molar-refractivity contribution in [3.8, 4) is 5.75 Å². The lowest BCUT2D eigenvalue weighted by Gasteiger charge is -2.28. The highest BCUT2D eigenvalue weighted by Crippen LogP contribution is 2.21. The summed E-state index contributed by atoms with van der Waals surface area (Å²) in [5, 5.41) is 23.8. The van der Waals surface area contributed by atoms with E-state index in [9.17, 15) is 23.4 Å².